The molecule has 0 atom stereocenters. The molecule has 0 bridgehead atoms. The van der Waals surface area contributed by atoms with E-state index in [-0.39, 0.29) is 21.4 Å². The van der Waals surface area contributed by atoms with Crippen LogP contribution in [0, 0.1) is 13.8 Å². The van der Waals surface area contributed by atoms with Crippen LogP contribution in [0.1, 0.15) is 32.6 Å². The number of hydrogen-bond donors (Lipinski definition) is 2. The molecule has 0 aliphatic carbocycles. The molecule has 9 heteroatoms. The molecule has 3 aromatic rings. The fraction of sp³-hybridized carbons (Fsp3) is 0.296. The van der Waals surface area contributed by atoms with Gasteiger partial charge in [-0.25, -0.2) is 8.42 Å². The van der Waals surface area contributed by atoms with Crippen molar-refractivity contribution in [3.05, 3.63) is 93.5 Å². The largest absolute Gasteiger partial charge is 0.379 e. The van der Waals surface area contributed by atoms with Crippen LogP contribution in [-0.2, 0) is 27.8 Å². The number of hydrogen-bond acceptors (Lipinski definition) is 5. The van der Waals surface area contributed by atoms with Gasteiger partial charge < -0.3 is 10.1 Å². The van der Waals surface area contributed by atoms with Gasteiger partial charge in [-0.3, -0.25) is 14.4 Å². The summed E-state index contributed by atoms with van der Waals surface area (Å²) >= 11 is 6.22. The smallest absolute Gasteiger partial charge is 0.263 e. The molecule has 1 aliphatic heterocycles. The fourth-order valence-electron chi connectivity index (χ4n) is 3.98. The Morgan fingerprint density at radius 3 is 2.42 bits per heavy atom. The summed E-state index contributed by atoms with van der Waals surface area (Å²) in [5.74, 6) is -0.382. The highest BCUT2D eigenvalue weighted by atomic mass is 35.5. The van der Waals surface area contributed by atoms with Crippen LogP contribution < -0.4 is 10.0 Å². The summed E-state index contributed by atoms with van der Waals surface area (Å²) in [5.41, 5.74) is 4.62. The minimum absolute atomic E-state index is 0.0419. The van der Waals surface area contributed by atoms with E-state index < -0.39 is 10.0 Å². The normalized spacial score (nSPS) is 14.4. The Labute approximate surface area is 217 Å². The molecule has 3 aromatic carbocycles. The average molecular weight is 528 g/mol. The van der Waals surface area contributed by atoms with E-state index in [9.17, 15) is 13.2 Å². The number of amides is 1. The van der Waals surface area contributed by atoms with Crippen LogP contribution in [0.2, 0.25) is 5.02 Å². The van der Waals surface area contributed by atoms with Crippen molar-refractivity contribution in [1.82, 2.24) is 10.2 Å². The van der Waals surface area contributed by atoms with Gasteiger partial charge >= 0.3 is 0 Å². The molecule has 1 fully saturated rings. The van der Waals surface area contributed by atoms with Gasteiger partial charge in [-0.2, -0.15) is 0 Å². The average Bonchev–Trinajstić information content (AvgIpc) is 2.87. The number of benzene rings is 3. The van der Waals surface area contributed by atoms with Gasteiger partial charge in [0, 0.05) is 31.7 Å². The molecule has 0 unspecified atom stereocenters. The number of aryl methyl sites for hydroxylation is 1. The minimum atomic E-state index is -4.00. The molecular weight excluding hydrogens is 498 g/mol. The number of nitrogens with zero attached hydrogens (tertiary/aromatic N) is 1. The molecular formula is C27H30ClN3O4S. The topological polar surface area (TPSA) is 87.7 Å². The van der Waals surface area contributed by atoms with E-state index in [1.165, 1.54) is 23.8 Å². The second kappa shape index (κ2) is 11.4. The standard InChI is InChI=1S/C27H30ClN3O4S/c1-19-4-3-5-25(20(19)2)30-36(33,34)26-16-23(10-11-24(26)28)27(32)29-17-21-6-8-22(9-7-21)18-31-12-14-35-15-13-31/h3-11,16,30H,12-15,17-18H2,1-2H3,(H,29,32). The maximum atomic E-state index is 13.1. The molecule has 0 radical (unpaired) electrons. The van der Waals surface area contributed by atoms with Crippen molar-refractivity contribution in [3.8, 4) is 0 Å². The minimum Gasteiger partial charge on any atom is -0.379 e. The molecule has 190 valence electrons. The van der Waals surface area contributed by atoms with E-state index in [0.29, 0.717) is 12.2 Å². The van der Waals surface area contributed by atoms with Crippen LogP contribution in [0.15, 0.2) is 65.6 Å². The highest BCUT2D eigenvalue weighted by molar-refractivity contribution is 7.92. The maximum absolute atomic E-state index is 13.1. The Morgan fingerprint density at radius 2 is 1.69 bits per heavy atom. The summed E-state index contributed by atoms with van der Waals surface area (Å²) in [7, 11) is -4.00. The summed E-state index contributed by atoms with van der Waals surface area (Å²) in [6.45, 7) is 8.32. The molecule has 0 saturated carbocycles. The quantitative estimate of drug-likeness (QED) is 0.450. The molecule has 1 heterocycles. The number of rotatable bonds is 8. The first kappa shape index (κ1) is 26.2. The van der Waals surface area contributed by atoms with E-state index in [0.717, 1.165) is 49.5 Å². The summed E-state index contributed by atoms with van der Waals surface area (Å²) in [6.07, 6.45) is 0. The van der Waals surface area contributed by atoms with Crippen LogP contribution in [0.4, 0.5) is 5.69 Å². The summed E-state index contributed by atoms with van der Waals surface area (Å²) in [4.78, 5) is 15.0. The van der Waals surface area contributed by atoms with Crippen molar-refractivity contribution in [3.63, 3.8) is 0 Å². The van der Waals surface area contributed by atoms with Crippen LogP contribution in [0.25, 0.3) is 0 Å². The third-order valence-electron chi connectivity index (χ3n) is 6.32. The van der Waals surface area contributed by atoms with Crippen LogP contribution in [-0.4, -0.2) is 45.5 Å². The highest BCUT2D eigenvalue weighted by Gasteiger charge is 2.21. The Kier molecular flexibility index (Phi) is 8.31. The summed E-state index contributed by atoms with van der Waals surface area (Å²) < 4.78 is 34.1. The first-order valence-electron chi connectivity index (χ1n) is 11.8. The fourth-order valence-corrected chi connectivity index (χ4v) is 5.63. The zero-order valence-electron chi connectivity index (χ0n) is 20.4. The molecule has 2 N–H and O–H groups in total. The molecule has 0 aromatic heterocycles. The third kappa shape index (κ3) is 6.44. The van der Waals surface area contributed by atoms with Crippen LogP contribution in [0.5, 0.6) is 0 Å². The van der Waals surface area contributed by atoms with Gasteiger partial charge in [0.05, 0.1) is 23.9 Å². The van der Waals surface area contributed by atoms with E-state index in [4.69, 9.17) is 16.3 Å². The maximum Gasteiger partial charge on any atom is 0.263 e. The summed E-state index contributed by atoms with van der Waals surface area (Å²) in [6, 6.07) is 17.7. The molecule has 7 nitrogen and oxygen atoms in total. The summed E-state index contributed by atoms with van der Waals surface area (Å²) in [5, 5.41) is 2.90. The molecule has 0 spiro atoms. The SMILES string of the molecule is Cc1cccc(NS(=O)(=O)c2cc(C(=O)NCc3ccc(CN4CCOCC4)cc3)ccc2Cl)c1C. The monoisotopic (exact) mass is 527 g/mol. The zero-order valence-corrected chi connectivity index (χ0v) is 22.0. The van der Waals surface area contributed by atoms with Crippen molar-refractivity contribution >= 4 is 33.2 Å². The van der Waals surface area contributed by atoms with Gasteiger partial charge in [0.2, 0.25) is 0 Å². The highest BCUT2D eigenvalue weighted by Crippen LogP contribution is 2.27. The Hall–Kier alpha value is -2.91. The van der Waals surface area contributed by atoms with Gasteiger partial charge in [-0.1, -0.05) is 48.0 Å². The second-order valence-corrected chi connectivity index (χ2v) is 10.9. The number of ether oxygens (including phenoxy) is 1. The van der Waals surface area contributed by atoms with Crippen molar-refractivity contribution in [2.75, 3.05) is 31.0 Å². The van der Waals surface area contributed by atoms with Crippen molar-refractivity contribution in [2.24, 2.45) is 0 Å². The number of sulfonamides is 1. The number of halogens is 1. The van der Waals surface area contributed by atoms with Gasteiger partial charge in [0.1, 0.15) is 4.90 Å². The van der Waals surface area contributed by atoms with E-state index >= 15 is 0 Å². The number of nitrogens with one attached hydrogen (secondary N) is 2. The van der Waals surface area contributed by atoms with Crippen molar-refractivity contribution < 1.29 is 17.9 Å². The predicted molar refractivity (Wildman–Crippen MR) is 142 cm³/mol. The lowest BCUT2D eigenvalue weighted by Gasteiger charge is -2.26. The second-order valence-electron chi connectivity index (χ2n) is 8.89. The zero-order chi connectivity index (χ0) is 25.7. The van der Waals surface area contributed by atoms with Gasteiger partial charge in [0.15, 0.2) is 0 Å². The van der Waals surface area contributed by atoms with Crippen molar-refractivity contribution in [1.29, 1.82) is 0 Å². The van der Waals surface area contributed by atoms with Crippen molar-refractivity contribution in [2.45, 2.75) is 31.8 Å². The lowest BCUT2D eigenvalue weighted by atomic mass is 10.1. The predicted octanol–water partition coefficient (Wildman–Crippen LogP) is 4.52. The first-order valence-corrected chi connectivity index (χ1v) is 13.6. The number of anilines is 1. The van der Waals surface area contributed by atoms with Gasteiger partial charge in [-0.05, 0) is 60.4 Å². The van der Waals surface area contributed by atoms with E-state index in [1.807, 2.05) is 32.0 Å². The van der Waals surface area contributed by atoms with Gasteiger partial charge in [0.25, 0.3) is 15.9 Å². The lowest BCUT2D eigenvalue weighted by molar-refractivity contribution is 0.0342. The number of carbonyl (C=O) groups excluding carboxylic acids is 1. The molecule has 4 rings (SSSR count). The van der Waals surface area contributed by atoms with Crippen LogP contribution >= 0.6 is 11.6 Å². The van der Waals surface area contributed by atoms with E-state index in [2.05, 4.69) is 27.1 Å². The molecule has 1 saturated heterocycles. The Balaban J connectivity index is 1.41. The lowest BCUT2D eigenvalue weighted by Crippen LogP contribution is -2.35. The Morgan fingerprint density at radius 1 is 1.00 bits per heavy atom. The van der Waals surface area contributed by atoms with Crippen LogP contribution in [0.3, 0.4) is 0 Å². The Bertz CT molecular complexity index is 1340. The first-order chi connectivity index (χ1) is 17.2. The van der Waals surface area contributed by atoms with E-state index in [1.54, 1.807) is 12.1 Å². The molecule has 1 aliphatic rings. The molecule has 36 heavy (non-hydrogen) atoms. The van der Waals surface area contributed by atoms with Gasteiger partial charge in [-0.15, -0.1) is 0 Å². The number of morpholine rings is 1. The molecule has 1 amide bonds. The number of carbonyl (C=O) groups is 1. The third-order valence-corrected chi connectivity index (χ3v) is 8.16.